The Morgan fingerprint density at radius 3 is 3.00 bits per heavy atom. The SMILES string of the molecule is Cc1c(C(NN)C2CCOC2)cnn1C. The van der Waals surface area contributed by atoms with Crippen LogP contribution in [0.3, 0.4) is 0 Å². The smallest absolute Gasteiger partial charge is 0.0544 e. The van der Waals surface area contributed by atoms with Crippen LogP contribution in [0.4, 0.5) is 0 Å². The number of nitrogens with one attached hydrogen (secondary N) is 1. The summed E-state index contributed by atoms with van der Waals surface area (Å²) in [6, 6.07) is 0.154. The molecule has 15 heavy (non-hydrogen) atoms. The Labute approximate surface area is 89.6 Å². The average Bonchev–Trinajstić information content (AvgIpc) is 2.84. The number of hydrogen-bond donors (Lipinski definition) is 2. The van der Waals surface area contributed by atoms with E-state index >= 15 is 0 Å². The van der Waals surface area contributed by atoms with Gasteiger partial charge in [0.2, 0.25) is 0 Å². The molecular formula is C10H18N4O. The molecule has 84 valence electrons. The minimum absolute atomic E-state index is 0.154. The molecule has 0 saturated carbocycles. The number of aryl methyl sites for hydroxylation is 1. The normalized spacial score (nSPS) is 23.3. The molecule has 0 bridgehead atoms. The van der Waals surface area contributed by atoms with Crippen molar-refractivity contribution in [3.05, 3.63) is 17.5 Å². The van der Waals surface area contributed by atoms with Crippen LogP contribution in [0, 0.1) is 12.8 Å². The van der Waals surface area contributed by atoms with Crippen LogP contribution >= 0.6 is 0 Å². The number of nitrogens with two attached hydrogens (primary N) is 1. The number of hydrogen-bond acceptors (Lipinski definition) is 4. The standard InChI is InChI=1S/C10H18N4O/c1-7-9(5-12-14(7)2)10(13-11)8-3-4-15-6-8/h5,8,10,13H,3-4,6,11H2,1-2H3. The number of hydrazine groups is 1. The van der Waals surface area contributed by atoms with Crippen molar-refractivity contribution in [1.82, 2.24) is 15.2 Å². The Kier molecular flexibility index (Phi) is 3.04. The highest BCUT2D eigenvalue weighted by atomic mass is 16.5. The molecule has 1 saturated heterocycles. The van der Waals surface area contributed by atoms with Gasteiger partial charge in [-0.25, -0.2) is 0 Å². The summed E-state index contributed by atoms with van der Waals surface area (Å²) in [7, 11) is 1.94. The van der Waals surface area contributed by atoms with Crippen molar-refractivity contribution in [3.63, 3.8) is 0 Å². The third kappa shape index (κ3) is 1.90. The first-order valence-corrected chi connectivity index (χ1v) is 5.26. The minimum Gasteiger partial charge on any atom is -0.381 e. The zero-order valence-electron chi connectivity index (χ0n) is 9.23. The highest BCUT2D eigenvalue weighted by molar-refractivity contribution is 5.21. The van der Waals surface area contributed by atoms with E-state index in [9.17, 15) is 0 Å². The van der Waals surface area contributed by atoms with Gasteiger partial charge in [-0.2, -0.15) is 5.10 Å². The zero-order chi connectivity index (χ0) is 10.8. The molecule has 1 aromatic heterocycles. The van der Waals surface area contributed by atoms with Crippen molar-refractivity contribution in [3.8, 4) is 0 Å². The molecule has 1 aliphatic rings. The lowest BCUT2D eigenvalue weighted by Crippen LogP contribution is -2.34. The fraction of sp³-hybridized carbons (Fsp3) is 0.700. The molecule has 5 nitrogen and oxygen atoms in total. The van der Waals surface area contributed by atoms with E-state index in [0.717, 1.165) is 25.3 Å². The Morgan fingerprint density at radius 2 is 2.53 bits per heavy atom. The van der Waals surface area contributed by atoms with Crippen LogP contribution in [-0.2, 0) is 11.8 Å². The second-order valence-corrected chi connectivity index (χ2v) is 4.08. The first-order chi connectivity index (χ1) is 7.24. The third-order valence-electron chi connectivity index (χ3n) is 3.22. The van der Waals surface area contributed by atoms with E-state index in [4.69, 9.17) is 10.6 Å². The van der Waals surface area contributed by atoms with Crippen LogP contribution in [0.5, 0.6) is 0 Å². The van der Waals surface area contributed by atoms with Crippen LogP contribution in [-0.4, -0.2) is 23.0 Å². The fourth-order valence-electron chi connectivity index (χ4n) is 2.12. The molecule has 1 aromatic rings. The third-order valence-corrected chi connectivity index (χ3v) is 3.22. The van der Waals surface area contributed by atoms with E-state index < -0.39 is 0 Å². The molecule has 0 amide bonds. The summed E-state index contributed by atoms with van der Waals surface area (Å²) in [5.41, 5.74) is 5.21. The van der Waals surface area contributed by atoms with Gasteiger partial charge in [-0.15, -0.1) is 0 Å². The van der Waals surface area contributed by atoms with Crippen molar-refractivity contribution >= 4 is 0 Å². The minimum atomic E-state index is 0.154. The van der Waals surface area contributed by atoms with Gasteiger partial charge in [-0.05, 0) is 13.3 Å². The van der Waals surface area contributed by atoms with Crippen molar-refractivity contribution in [2.45, 2.75) is 19.4 Å². The lowest BCUT2D eigenvalue weighted by atomic mass is 9.93. The molecule has 2 atom stereocenters. The molecule has 1 fully saturated rings. The summed E-state index contributed by atoms with van der Waals surface area (Å²) in [6.45, 7) is 3.67. The summed E-state index contributed by atoms with van der Waals surface area (Å²) in [5.74, 6) is 6.08. The van der Waals surface area contributed by atoms with E-state index in [-0.39, 0.29) is 6.04 Å². The van der Waals surface area contributed by atoms with E-state index in [0.29, 0.717) is 5.92 Å². The van der Waals surface area contributed by atoms with Crippen LogP contribution in [0.25, 0.3) is 0 Å². The summed E-state index contributed by atoms with van der Waals surface area (Å²) in [6.07, 6.45) is 2.95. The van der Waals surface area contributed by atoms with Gasteiger partial charge >= 0.3 is 0 Å². The van der Waals surface area contributed by atoms with Crippen molar-refractivity contribution in [2.24, 2.45) is 18.8 Å². The van der Waals surface area contributed by atoms with E-state index in [1.165, 1.54) is 5.56 Å². The maximum atomic E-state index is 5.62. The van der Waals surface area contributed by atoms with E-state index in [1.807, 2.05) is 17.9 Å². The largest absolute Gasteiger partial charge is 0.381 e. The Hall–Kier alpha value is -0.910. The molecule has 2 unspecified atom stereocenters. The topological polar surface area (TPSA) is 65.1 Å². The van der Waals surface area contributed by atoms with E-state index in [1.54, 1.807) is 0 Å². The van der Waals surface area contributed by atoms with Crippen LogP contribution in [0.15, 0.2) is 6.20 Å². The predicted molar refractivity (Wildman–Crippen MR) is 56.9 cm³/mol. The zero-order valence-corrected chi connectivity index (χ0v) is 9.23. The maximum absolute atomic E-state index is 5.62. The van der Waals surface area contributed by atoms with Gasteiger partial charge in [-0.1, -0.05) is 0 Å². The van der Waals surface area contributed by atoms with Crippen molar-refractivity contribution in [1.29, 1.82) is 0 Å². The number of ether oxygens (including phenoxy) is 1. The predicted octanol–water partition coefficient (Wildman–Crippen LogP) is 0.269. The van der Waals surface area contributed by atoms with Gasteiger partial charge < -0.3 is 4.74 Å². The highest BCUT2D eigenvalue weighted by Gasteiger charge is 2.28. The van der Waals surface area contributed by atoms with E-state index in [2.05, 4.69) is 17.4 Å². The number of rotatable bonds is 3. The first kappa shape index (κ1) is 10.6. The molecule has 1 aliphatic heterocycles. The van der Waals surface area contributed by atoms with Crippen LogP contribution in [0.2, 0.25) is 0 Å². The fourth-order valence-corrected chi connectivity index (χ4v) is 2.12. The summed E-state index contributed by atoms with van der Waals surface area (Å²) < 4.78 is 7.26. The molecule has 3 N–H and O–H groups in total. The molecule has 0 radical (unpaired) electrons. The molecule has 5 heteroatoms. The average molecular weight is 210 g/mol. The number of aromatic nitrogens is 2. The van der Waals surface area contributed by atoms with Gasteiger partial charge in [0.25, 0.3) is 0 Å². The lowest BCUT2D eigenvalue weighted by Gasteiger charge is -2.21. The summed E-state index contributed by atoms with van der Waals surface area (Å²) in [5, 5.41) is 4.24. The molecule has 2 heterocycles. The first-order valence-electron chi connectivity index (χ1n) is 5.26. The summed E-state index contributed by atoms with van der Waals surface area (Å²) >= 11 is 0. The molecule has 2 rings (SSSR count). The second-order valence-electron chi connectivity index (χ2n) is 4.08. The Balaban J connectivity index is 2.22. The van der Waals surface area contributed by atoms with Gasteiger partial charge in [-0.3, -0.25) is 16.0 Å². The molecule has 0 aliphatic carbocycles. The van der Waals surface area contributed by atoms with Gasteiger partial charge in [0.1, 0.15) is 0 Å². The molecule has 0 spiro atoms. The Bertz CT molecular complexity index is 330. The second kappa shape index (κ2) is 4.30. The lowest BCUT2D eigenvalue weighted by molar-refractivity contribution is 0.176. The monoisotopic (exact) mass is 210 g/mol. The van der Waals surface area contributed by atoms with Crippen molar-refractivity contribution < 1.29 is 4.74 Å². The summed E-state index contributed by atoms with van der Waals surface area (Å²) in [4.78, 5) is 0. The van der Waals surface area contributed by atoms with Gasteiger partial charge in [0.05, 0.1) is 18.8 Å². The highest BCUT2D eigenvalue weighted by Crippen LogP contribution is 2.29. The van der Waals surface area contributed by atoms with Gasteiger partial charge in [0, 0.05) is 30.8 Å². The van der Waals surface area contributed by atoms with Crippen LogP contribution < -0.4 is 11.3 Å². The van der Waals surface area contributed by atoms with Crippen LogP contribution in [0.1, 0.15) is 23.7 Å². The molecular weight excluding hydrogens is 192 g/mol. The quantitative estimate of drug-likeness (QED) is 0.555. The maximum Gasteiger partial charge on any atom is 0.0544 e. The Morgan fingerprint density at radius 1 is 1.73 bits per heavy atom. The molecule has 0 aromatic carbocycles. The number of nitrogens with zero attached hydrogens (tertiary/aromatic N) is 2. The van der Waals surface area contributed by atoms with Crippen molar-refractivity contribution in [2.75, 3.05) is 13.2 Å². The van der Waals surface area contributed by atoms with Gasteiger partial charge in [0.15, 0.2) is 0 Å².